The van der Waals surface area contributed by atoms with Crippen molar-refractivity contribution in [3.63, 3.8) is 0 Å². The van der Waals surface area contributed by atoms with Gasteiger partial charge < -0.3 is 9.47 Å². The first-order valence-corrected chi connectivity index (χ1v) is 9.80. The van der Waals surface area contributed by atoms with Crippen LogP contribution in [0, 0.1) is 17.8 Å². The average molecular weight is 313 g/mol. The monoisotopic (exact) mass is 312 g/mol. The highest BCUT2D eigenvalue weighted by Gasteiger charge is 2.22. The van der Waals surface area contributed by atoms with Crippen LogP contribution in [0.3, 0.4) is 0 Å². The van der Waals surface area contributed by atoms with Gasteiger partial charge in [-0.05, 0) is 56.3 Å². The Kier molecular flexibility index (Phi) is 12.1. The fourth-order valence-electron chi connectivity index (χ4n) is 3.69. The van der Waals surface area contributed by atoms with Gasteiger partial charge in [-0.3, -0.25) is 0 Å². The highest BCUT2D eigenvalue weighted by atomic mass is 16.5. The molecule has 0 amide bonds. The lowest BCUT2D eigenvalue weighted by molar-refractivity contribution is 0.121. The molecule has 1 saturated carbocycles. The van der Waals surface area contributed by atoms with Crippen molar-refractivity contribution in [2.45, 2.75) is 84.5 Å². The first-order chi connectivity index (χ1) is 10.7. The van der Waals surface area contributed by atoms with Gasteiger partial charge in [0, 0.05) is 26.9 Å². The van der Waals surface area contributed by atoms with Crippen molar-refractivity contribution in [1.82, 2.24) is 0 Å². The van der Waals surface area contributed by atoms with Crippen molar-refractivity contribution in [1.29, 1.82) is 0 Å². The first-order valence-electron chi connectivity index (χ1n) is 9.80. The Morgan fingerprint density at radius 3 is 1.95 bits per heavy atom. The van der Waals surface area contributed by atoms with Crippen LogP contribution in [0.1, 0.15) is 84.5 Å². The molecule has 0 aromatic rings. The molecule has 0 atom stereocenters. The molecule has 0 spiro atoms. The van der Waals surface area contributed by atoms with E-state index in [0.717, 1.165) is 37.6 Å². The van der Waals surface area contributed by atoms with Gasteiger partial charge in [0.1, 0.15) is 0 Å². The molecule has 2 nitrogen and oxygen atoms in total. The summed E-state index contributed by atoms with van der Waals surface area (Å²) in [4.78, 5) is 0. The Hall–Kier alpha value is -0.0800. The van der Waals surface area contributed by atoms with Crippen molar-refractivity contribution in [3.05, 3.63) is 0 Å². The largest absolute Gasteiger partial charge is 0.385 e. The Bertz CT molecular complexity index is 232. The van der Waals surface area contributed by atoms with E-state index in [2.05, 4.69) is 13.8 Å². The fraction of sp³-hybridized carbons (Fsp3) is 1.00. The van der Waals surface area contributed by atoms with Crippen molar-refractivity contribution < 1.29 is 9.47 Å². The Labute approximate surface area is 139 Å². The molecule has 0 aromatic carbocycles. The Morgan fingerprint density at radius 1 is 0.773 bits per heavy atom. The second-order valence-corrected chi connectivity index (χ2v) is 7.54. The van der Waals surface area contributed by atoms with Gasteiger partial charge in [0.05, 0.1) is 0 Å². The minimum atomic E-state index is 0.888. The van der Waals surface area contributed by atoms with Crippen LogP contribution in [-0.4, -0.2) is 26.9 Å². The highest BCUT2D eigenvalue weighted by Crippen LogP contribution is 2.35. The van der Waals surface area contributed by atoms with Crippen LogP contribution in [0.15, 0.2) is 0 Å². The van der Waals surface area contributed by atoms with Crippen LogP contribution in [0.4, 0.5) is 0 Å². The summed E-state index contributed by atoms with van der Waals surface area (Å²) in [7, 11) is 1.77. The van der Waals surface area contributed by atoms with Crippen LogP contribution in [0.25, 0.3) is 0 Å². The second kappa shape index (κ2) is 13.4. The summed E-state index contributed by atoms with van der Waals surface area (Å²) in [6.07, 6.45) is 15.0. The third kappa shape index (κ3) is 9.84. The molecule has 0 aliphatic heterocycles. The van der Waals surface area contributed by atoms with E-state index >= 15 is 0 Å². The maximum atomic E-state index is 5.71. The summed E-state index contributed by atoms with van der Waals surface area (Å²) in [6.45, 7) is 7.57. The smallest absolute Gasteiger partial charge is 0.0466 e. The molecular weight excluding hydrogens is 272 g/mol. The molecule has 1 rings (SSSR count). The molecule has 0 radical (unpaired) electrons. The minimum absolute atomic E-state index is 0.888. The van der Waals surface area contributed by atoms with E-state index < -0.39 is 0 Å². The number of rotatable bonds is 13. The average Bonchev–Trinajstić information content (AvgIpc) is 2.53. The van der Waals surface area contributed by atoms with Crippen molar-refractivity contribution >= 4 is 0 Å². The van der Waals surface area contributed by atoms with Crippen LogP contribution < -0.4 is 0 Å². The first kappa shape index (κ1) is 20.0. The summed E-state index contributed by atoms with van der Waals surface area (Å²) >= 11 is 0. The zero-order chi connectivity index (χ0) is 16.0. The van der Waals surface area contributed by atoms with Gasteiger partial charge in [-0.1, -0.05) is 46.0 Å². The van der Waals surface area contributed by atoms with Crippen LogP contribution >= 0.6 is 0 Å². The molecule has 0 heterocycles. The summed E-state index contributed by atoms with van der Waals surface area (Å²) < 4.78 is 10.7. The van der Waals surface area contributed by atoms with Crippen LogP contribution in [0.5, 0.6) is 0 Å². The third-order valence-corrected chi connectivity index (χ3v) is 5.37. The van der Waals surface area contributed by atoms with Gasteiger partial charge in [-0.15, -0.1) is 0 Å². The molecule has 132 valence electrons. The highest BCUT2D eigenvalue weighted by molar-refractivity contribution is 4.74. The van der Waals surface area contributed by atoms with E-state index in [0.29, 0.717) is 0 Å². The number of methoxy groups -OCH3 is 1. The molecule has 22 heavy (non-hydrogen) atoms. The van der Waals surface area contributed by atoms with Crippen LogP contribution in [-0.2, 0) is 9.47 Å². The Balaban J connectivity index is 1.80. The number of hydrogen-bond acceptors (Lipinski definition) is 2. The Morgan fingerprint density at radius 2 is 1.36 bits per heavy atom. The van der Waals surface area contributed by atoms with Gasteiger partial charge in [0.25, 0.3) is 0 Å². The van der Waals surface area contributed by atoms with E-state index in [1.54, 1.807) is 7.11 Å². The molecule has 0 N–H and O–H groups in total. The van der Waals surface area contributed by atoms with Crippen molar-refractivity contribution in [3.8, 4) is 0 Å². The normalized spacial score (nSPS) is 22.4. The zero-order valence-electron chi connectivity index (χ0n) is 15.4. The van der Waals surface area contributed by atoms with Crippen molar-refractivity contribution in [2.75, 3.05) is 26.9 Å². The van der Waals surface area contributed by atoms with Gasteiger partial charge in [0.2, 0.25) is 0 Å². The van der Waals surface area contributed by atoms with E-state index in [-0.39, 0.29) is 0 Å². The predicted octanol–water partition coefficient (Wildman–Crippen LogP) is 5.84. The zero-order valence-corrected chi connectivity index (χ0v) is 15.4. The fourth-order valence-corrected chi connectivity index (χ4v) is 3.69. The lowest BCUT2D eigenvalue weighted by Crippen LogP contribution is -2.18. The maximum Gasteiger partial charge on any atom is 0.0466 e. The van der Waals surface area contributed by atoms with Gasteiger partial charge in [-0.25, -0.2) is 0 Å². The van der Waals surface area contributed by atoms with Crippen LogP contribution in [0.2, 0.25) is 0 Å². The van der Waals surface area contributed by atoms with E-state index in [1.807, 2.05) is 0 Å². The standard InChI is InChI=1S/C20H40O2/c1-18(2)20-13-11-19(12-14-20)10-6-4-8-16-22-17-9-5-7-15-21-3/h18-20H,4-17H2,1-3H3. The topological polar surface area (TPSA) is 18.5 Å². The summed E-state index contributed by atoms with van der Waals surface area (Å²) in [5.74, 6) is 2.93. The number of hydrogen-bond donors (Lipinski definition) is 0. The molecule has 0 saturated heterocycles. The lowest BCUT2D eigenvalue weighted by Gasteiger charge is -2.30. The molecule has 1 fully saturated rings. The molecule has 0 aromatic heterocycles. The second-order valence-electron chi connectivity index (χ2n) is 7.54. The summed E-state index contributed by atoms with van der Waals surface area (Å²) in [5, 5.41) is 0. The molecule has 0 unspecified atom stereocenters. The SMILES string of the molecule is COCCCCCOCCCCCC1CCC(C(C)C)CC1. The number of ether oxygens (including phenoxy) is 2. The molecule has 1 aliphatic rings. The molecule has 0 bridgehead atoms. The van der Waals surface area contributed by atoms with Gasteiger partial charge in [-0.2, -0.15) is 0 Å². The van der Waals surface area contributed by atoms with E-state index in [1.165, 1.54) is 70.6 Å². The molecule has 2 heteroatoms. The van der Waals surface area contributed by atoms with E-state index in [4.69, 9.17) is 9.47 Å². The van der Waals surface area contributed by atoms with E-state index in [9.17, 15) is 0 Å². The van der Waals surface area contributed by atoms with Gasteiger partial charge >= 0.3 is 0 Å². The molecule has 1 aliphatic carbocycles. The summed E-state index contributed by atoms with van der Waals surface area (Å²) in [6, 6.07) is 0. The predicted molar refractivity (Wildman–Crippen MR) is 95.3 cm³/mol. The minimum Gasteiger partial charge on any atom is -0.385 e. The van der Waals surface area contributed by atoms with Crippen molar-refractivity contribution in [2.24, 2.45) is 17.8 Å². The lowest BCUT2D eigenvalue weighted by atomic mass is 9.75. The quantitative estimate of drug-likeness (QED) is 0.398. The summed E-state index contributed by atoms with van der Waals surface area (Å²) in [5.41, 5.74) is 0. The third-order valence-electron chi connectivity index (χ3n) is 5.37. The maximum absolute atomic E-state index is 5.71. The number of unbranched alkanes of at least 4 members (excludes halogenated alkanes) is 4. The molecular formula is C20H40O2. The van der Waals surface area contributed by atoms with Gasteiger partial charge in [0.15, 0.2) is 0 Å².